The second kappa shape index (κ2) is 9.55. The maximum absolute atomic E-state index is 12.1. The van der Waals surface area contributed by atoms with Gasteiger partial charge in [-0.15, -0.1) is 0 Å². The first-order valence-corrected chi connectivity index (χ1v) is 9.05. The smallest absolute Gasteiger partial charge is 0.243 e. The average molecular weight is 382 g/mol. The van der Waals surface area contributed by atoms with Crippen LogP contribution in [0.15, 0.2) is 48.5 Å². The molecule has 2 aromatic carbocycles. The summed E-state index contributed by atoms with van der Waals surface area (Å²) in [7, 11) is 1.71. The third kappa shape index (κ3) is 6.12. The van der Waals surface area contributed by atoms with Crippen LogP contribution in [0.3, 0.4) is 0 Å². The number of nitrogens with zero attached hydrogens (tertiary/aromatic N) is 1. The molecule has 0 saturated heterocycles. The number of rotatable bonds is 7. The van der Waals surface area contributed by atoms with Crippen LogP contribution in [-0.4, -0.2) is 31.3 Å². The topological polar surface area (TPSA) is 90.5 Å². The van der Waals surface area contributed by atoms with Gasteiger partial charge in [0.25, 0.3) is 0 Å². The van der Waals surface area contributed by atoms with Gasteiger partial charge in [0.2, 0.25) is 17.7 Å². The average Bonchev–Trinajstić information content (AvgIpc) is 2.67. The second-order valence-corrected chi connectivity index (χ2v) is 6.75. The van der Waals surface area contributed by atoms with Crippen LogP contribution >= 0.6 is 0 Å². The summed E-state index contributed by atoms with van der Waals surface area (Å²) in [6, 6.07) is 14.2. The SMILES string of the molecule is CC(=O)N(C)c1ccc(NCC(=O)Nc2ccc(NC(=O)C(C)C)cc2)cc1. The highest BCUT2D eigenvalue weighted by Gasteiger charge is 2.08. The van der Waals surface area contributed by atoms with Gasteiger partial charge in [-0.1, -0.05) is 13.8 Å². The van der Waals surface area contributed by atoms with Crippen molar-refractivity contribution in [1.82, 2.24) is 0 Å². The van der Waals surface area contributed by atoms with Gasteiger partial charge in [-0.2, -0.15) is 0 Å². The predicted octanol–water partition coefficient (Wildman–Crippen LogP) is 3.31. The number of benzene rings is 2. The lowest BCUT2D eigenvalue weighted by Crippen LogP contribution is -2.23. The number of anilines is 4. The molecule has 0 radical (unpaired) electrons. The van der Waals surface area contributed by atoms with Crippen LogP contribution in [0.5, 0.6) is 0 Å². The number of carbonyl (C=O) groups is 3. The van der Waals surface area contributed by atoms with E-state index in [4.69, 9.17) is 0 Å². The third-order valence-electron chi connectivity index (χ3n) is 4.14. The fourth-order valence-electron chi connectivity index (χ4n) is 2.30. The molecular formula is C21H26N4O3. The fraction of sp³-hybridized carbons (Fsp3) is 0.286. The van der Waals surface area contributed by atoms with Crippen molar-refractivity contribution >= 4 is 40.5 Å². The molecule has 3 N–H and O–H groups in total. The van der Waals surface area contributed by atoms with Crippen molar-refractivity contribution < 1.29 is 14.4 Å². The van der Waals surface area contributed by atoms with E-state index < -0.39 is 0 Å². The Labute approximate surface area is 165 Å². The van der Waals surface area contributed by atoms with Crippen molar-refractivity contribution in [2.45, 2.75) is 20.8 Å². The quantitative estimate of drug-likeness (QED) is 0.685. The first-order chi connectivity index (χ1) is 13.3. The Morgan fingerprint density at radius 2 is 1.36 bits per heavy atom. The summed E-state index contributed by atoms with van der Waals surface area (Å²) in [4.78, 5) is 36.7. The molecule has 0 fully saturated rings. The highest BCUT2D eigenvalue weighted by molar-refractivity contribution is 5.95. The molecule has 0 unspecified atom stereocenters. The fourth-order valence-corrected chi connectivity index (χ4v) is 2.30. The van der Waals surface area contributed by atoms with Gasteiger partial charge in [0.05, 0.1) is 6.54 Å². The molecule has 28 heavy (non-hydrogen) atoms. The van der Waals surface area contributed by atoms with E-state index in [0.29, 0.717) is 11.4 Å². The molecule has 0 aliphatic rings. The Morgan fingerprint density at radius 3 is 1.86 bits per heavy atom. The lowest BCUT2D eigenvalue weighted by molar-refractivity contribution is -0.119. The summed E-state index contributed by atoms with van der Waals surface area (Å²) < 4.78 is 0. The largest absolute Gasteiger partial charge is 0.376 e. The van der Waals surface area contributed by atoms with Crippen LogP contribution in [0.4, 0.5) is 22.7 Å². The molecule has 2 aromatic rings. The molecule has 0 saturated carbocycles. The number of hydrogen-bond donors (Lipinski definition) is 3. The van der Waals surface area contributed by atoms with Crippen molar-refractivity contribution in [2.24, 2.45) is 5.92 Å². The molecule has 3 amide bonds. The van der Waals surface area contributed by atoms with Crippen LogP contribution in [0.25, 0.3) is 0 Å². The summed E-state index contributed by atoms with van der Waals surface area (Å²) >= 11 is 0. The maximum atomic E-state index is 12.1. The highest BCUT2D eigenvalue weighted by Crippen LogP contribution is 2.17. The van der Waals surface area contributed by atoms with Crippen molar-refractivity contribution in [3.8, 4) is 0 Å². The van der Waals surface area contributed by atoms with Gasteiger partial charge in [0, 0.05) is 42.6 Å². The van der Waals surface area contributed by atoms with Crippen LogP contribution in [0, 0.1) is 5.92 Å². The number of nitrogens with one attached hydrogen (secondary N) is 3. The summed E-state index contributed by atoms with van der Waals surface area (Å²) in [5, 5.41) is 8.63. The monoisotopic (exact) mass is 382 g/mol. The molecule has 7 nitrogen and oxygen atoms in total. The third-order valence-corrected chi connectivity index (χ3v) is 4.14. The van der Waals surface area contributed by atoms with Crippen molar-refractivity contribution in [2.75, 3.05) is 34.4 Å². The maximum Gasteiger partial charge on any atom is 0.243 e. The Bertz CT molecular complexity index is 830. The minimum atomic E-state index is -0.191. The van der Waals surface area contributed by atoms with Crippen LogP contribution < -0.4 is 20.9 Å². The van der Waals surface area contributed by atoms with Crippen LogP contribution in [0.2, 0.25) is 0 Å². The Hall–Kier alpha value is -3.35. The Kier molecular flexibility index (Phi) is 7.14. The highest BCUT2D eigenvalue weighted by atomic mass is 16.2. The molecular weight excluding hydrogens is 356 g/mol. The van der Waals surface area contributed by atoms with Crippen molar-refractivity contribution in [3.05, 3.63) is 48.5 Å². The van der Waals surface area contributed by atoms with Gasteiger partial charge < -0.3 is 20.9 Å². The van der Waals surface area contributed by atoms with Gasteiger partial charge in [-0.05, 0) is 48.5 Å². The van der Waals surface area contributed by atoms with E-state index in [1.54, 1.807) is 36.2 Å². The molecule has 2 rings (SSSR count). The molecule has 0 heterocycles. The number of amides is 3. The standard InChI is InChI=1S/C21H26N4O3/c1-14(2)21(28)24-18-7-5-17(6-8-18)23-20(27)13-22-16-9-11-19(12-10-16)25(4)15(3)26/h5-12,14,22H,13H2,1-4H3,(H,23,27)(H,24,28). The minimum Gasteiger partial charge on any atom is -0.376 e. The molecule has 0 aromatic heterocycles. The van der Waals surface area contributed by atoms with Gasteiger partial charge in [-0.25, -0.2) is 0 Å². The number of carbonyl (C=O) groups excluding carboxylic acids is 3. The minimum absolute atomic E-state index is 0.0464. The Balaban J connectivity index is 1.84. The van der Waals surface area contributed by atoms with Gasteiger partial charge >= 0.3 is 0 Å². The first-order valence-electron chi connectivity index (χ1n) is 9.05. The van der Waals surface area contributed by atoms with Gasteiger partial charge in [0.1, 0.15) is 0 Å². The lowest BCUT2D eigenvalue weighted by Gasteiger charge is -2.15. The molecule has 0 bridgehead atoms. The van der Waals surface area contributed by atoms with E-state index in [-0.39, 0.29) is 30.2 Å². The second-order valence-electron chi connectivity index (χ2n) is 6.75. The van der Waals surface area contributed by atoms with Crippen molar-refractivity contribution in [1.29, 1.82) is 0 Å². The summed E-state index contributed by atoms with van der Waals surface area (Å²) in [5.41, 5.74) is 2.90. The van der Waals surface area contributed by atoms with Crippen molar-refractivity contribution in [3.63, 3.8) is 0 Å². The summed E-state index contributed by atoms with van der Waals surface area (Å²) in [5.74, 6) is -0.386. The first kappa shape index (κ1) is 21.0. The molecule has 0 atom stereocenters. The van der Waals surface area contributed by atoms with E-state index >= 15 is 0 Å². The van der Waals surface area contributed by atoms with Gasteiger partial charge in [0.15, 0.2) is 0 Å². The lowest BCUT2D eigenvalue weighted by atomic mass is 10.2. The van der Waals surface area contributed by atoms with E-state index in [1.807, 2.05) is 38.1 Å². The molecule has 0 aliphatic carbocycles. The zero-order valence-corrected chi connectivity index (χ0v) is 16.6. The molecule has 7 heteroatoms. The van der Waals surface area contributed by atoms with E-state index in [0.717, 1.165) is 11.4 Å². The van der Waals surface area contributed by atoms with Gasteiger partial charge in [-0.3, -0.25) is 14.4 Å². The number of hydrogen-bond acceptors (Lipinski definition) is 4. The molecule has 0 aliphatic heterocycles. The Morgan fingerprint density at radius 1 is 0.857 bits per heavy atom. The summed E-state index contributed by atoms with van der Waals surface area (Å²) in [6.45, 7) is 5.26. The van der Waals surface area contributed by atoms with E-state index in [2.05, 4.69) is 16.0 Å². The van der Waals surface area contributed by atoms with E-state index in [9.17, 15) is 14.4 Å². The predicted molar refractivity (Wildman–Crippen MR) is 113 cm³/mol. The zero-order chi connectivity index (χ0) is 20.7. The zero-order valence-electron chi connectivity index (χ0n) is 16.6. The van der Waals surface area contributed by atoms with Crippen LogP contribution in [0.1, 0.15) is 20.8 Å². The summed E-state index contributed by atoms with van der Waals surface area (Å²) in [6.07, 6.45) is 0. The normalized spacial score (nSPS) is 10.3. The molecule has 148 valence electrons. The molecule has 0 spiro atoms. The van der Waals surface area contributed by atoms with Crippen LogP contribution in [-0.2, 0) is 14.4 Å². The van der Waals surface area contributed by atoms with E-state index in [1.165, 1.54) is 6.92 Å².